The Morgan fingerprint density at radius 1 is 0.342 bits per heavy atom. The van der Waals surface area contributed by atoms with E-state index in [-0.39, 0.29) is 6.10 Å². The molecular formula is C36H76O2. The smallest absolute Gasteiger partial charge is 0.0540 e. The van der Waals surface area contributed by atoms with Crippen molar-refractivity contribution in [2.24, 2.45) is 5.92 Å². The fraction of sp³-hybridized carbons (Fsp3) is 1.00. The largest absolute Gasteiger partial charge is 0.396 e. The summed E-state index contributed by atoms with van der Waals surface area (Å²) in [6.45, 7) is 9.45. The maximum absolute atomic E-state index is 9.95. The Hall–Kier alpha value is -0.0800. The van der Waals surface area contributed by atoms with Crippen molar-refractivity contribution in [1.82, 2.24) is 0 Å². The summed E-state index contributed by atoms with van der Waals surface area (Å²) in [7, 11) is 0. The molecule has 0 saturated heterocycles. The second kappa shape index (κ2) is 36.9. The molecule has 0 aromatic heterocycles. The van der Waals surface area contributed by atoms with Crippen LogP contribution in [-0.4, -0.2) is 22.9 Å². The molecule has 0 saturated carbocycles. The van der Waals surface area contributed by atoms with E-state index >= 15 is 0 Å². The Bertz CT molecular complexity index is 384. The summed E-state index contributed by atoms with van der Waals surface area (Å²) in [5.74, 6) is 0.582. The van der Waals surface area contributed by atoms with Gasteiger partial charge in [-0.15, -0.1) is 0 Å². The van der Waals surface area contributed by atoms with Gasteiger partial charge in [0.1, 0.15) is 0 Å². The van der Waals surface area contributed by atoms with E-state index in [9.17, 15) is 10.2 Å². The molecular weight excluding hydrogens is 464 g/mol. The Morgan fingerprint density at radius 3 is 0.868 bits per heavy atom. The number of aliphatic hydroxyl groups is 2. The van der Waals surface area contributed by atoms with E-state index in [2.05, 4.69) is 27.7 Å². The van der Waals surface area contributed by atoms with Crippen molar-refractivity contribution >= 4 is 0 Å². The summed E-state index contributed by atoms with van der Waals surface area (Å²) >= 11 is 0. The Balaban J connectivity index is 0. The third-order valence-electron chi connectivity index (χ3n) is 8.22. The van der Waals surface area contributed by atoms with Crippen LogP contribution in [0.15, 0.2) is 0 Å². The molecule has 0 rings (SSSR count). The van der Waals surface area contributed by atoms with Gasteiger partial charge in [-0.1, -0.05) is 188 Å². The first-order chi connectivity index (χ1) is 18.7. The molecule has 0 aliphatic carbocycles. The van der Waals surface area contributed by atoms with Crippen LogP contribution in [0.4, 0.5) is 0 Å². The van der Waals surface area contributed by atoms with Crippen molar-refractivity contribution in [2.45, 2.75) is 220 Å². The van der Waals surface area contributed by atoms with Gasteiger partial charge in [0.2, 0.25) is 0 Å². The quantitative estimate of drug-likeness (QED) is 0.0889. The van der Waals surface area contributed by atoms with Crippen LogP contribution in [0.1, 0.15) is 214 Å². The summed E-state index contributed by atoms with van der Waals surface area (Å²) in [5.41, 5.74) is 0. The lowest BCUT2D eigenvalue weighted by Crippen LogP contribution is -2.06. The van der Waals surface area contributed by atoms with Crippen molar-refractivity contribution < 1.29 is 10.2 Å². The average molecular weight is 541 g/mol. The number of hydrogen-bond donors (Lipinski definition) is 2. The van der Waals surface area contributed by atoms with Gasteiger partial charge < -0.3 is 10.2 Å². The first-order valence-electron chi connectivity index (χ1n) is 17.9. The third kappa shape index (κ3) is 35.9. The van der Waals surface area contributed by atoms with Crippen LogP contribution in [0, 0.1) is 5.92 Å². The van der Waals surface area contributed by atoms with Gasteiger partial charge in [-0.3, -0.25) is 0 Å². The lowest BCUT2D eigenvalue weighted by molar-refractivity contribution is 0.147. The zero-order valence-electron chi connectivity index (χ0n) is 27.3. The van der Waals surface area contributed by atoms with Crippen molar-refractivity contribution in [3.05, 3.63) is 0 Å². The van der Waals surface area contributed by atoms with E-state index in [1.54, 1.807) is 0 Å². The number of rotatable bonds is 30. The van der Waals surface area contributed by atoms with Gasteiger partial charge in [-0.05, 0) is 31.6 Å². The zero-order chi connectivity index (χ0) is 28.4. The van der Waals surface area contributed by atoms with Gasteiger partial charge >= 0.3 is 0 Å². The molecule has 0 aromatic rings. The number of aliphatic hydroxyl groups excluding tert-OH is 2. The summed E-state index contributed by atoms with van der Waals surface area (Å²) in [6.07, 6.45) is 38.4. The van der Waals surface area contributed by atoms with E-state index in [1.165, 1.54) is 173 Å². The first-order valence-corrected chi connectivity index (χ1v) is 17.9. The highest BCUT2D eigenvalue weighted by Crippen LogP contribution is 2.18. The Labute approximate surface area is 242 Å². The summed E-state index contributed by atoms with van der Waals surface area (Å²) in [4.78, 5) is 0. The normalized spacial score (nSPS) is 12.8. The van der Waals surface area contributed by atoms with Crippen LogP contribution in [0.3, 0.4) is 0 Å². The van der Waals surface area contributed by atoms with Gasteiger partial charge in [0, 0.05) is 6.61 Å². The summed E-state index contributed by atoms with van der Waals surface area (Å²) in [6, 6.07) is 0. The molecule has 2 atom stereocenters. The zero-order valence-corrected chi connectivity index (χ0v) is 27.3. The molecule has 0 heterocycles. The van der Waals surface area contributed by atoms with Crippen LogP contribution in [0.5, 0.6) is 0 Å². The molecule has 2 N–H and O–H groups in total. The highest BCUT2D eigenvalue weighted by Gasteiger charge is 2.06. The molecule has 0 radical (unpaired) electrons. The van der Waals surface area contributed by atoms with Crippen LogP contribution in [0.25, 0.3) is 0 Å². The molecule has 0 bridgehead atoms. The molecule has 0 aliphatic heterocycles. The first kappa shape index (κ1) is 40.1. The number of hydrogen-bond acceptors (Lipinski definition) is 2. The minimum atomic E-state index is -0.0271. The van der Waals surface area contributed by atoms with Crippen molar-refractivity contribution in [3.63, 3.8) is 0 Å². The molecule has 232 valence electrons. The standard InChI is InChI=1S/C20H42O.C16H34O/c1-3-5-7-9-11-12-13-15-17-19-20(21)18-16-14-10-8-6-4-2;1-3-5-7-9-10-12-14-16(15-17)13-11-8-6-4-2/h20-21H,3-19H2,1-2H3;16-17H,3-15H2,1-2H3. The molecule has 0 fully saturated rings. The van der Waals surface area contributed by atoms with Crippen molar-refractivity contribution in [3.8, 4) is 0 Å². The van der Waals surface area contributed by atoms with E-state index in [0.29, 0.717) is 12.5 Å². The van der Waals surface area contributed by atoms with Crippen molar-refractivity contribution in [2.75, 3.05) is 6.61 Å². The predicted molar refractivity (Wildman–Crippen MR) is 173 cm³/mol. The van der Waals surface area contributed by atoms with E-state index in [0.717, 1.165) is 12.8 Å². The molecule has 38 heavy (non-hydrogen) atoms. The summed E-state index contributed by atoms with van der Waals surface area (Å²) in [5, 5.41) is 19.3. The molecule has 0 amide bonds. The van der Waals surface area contributed by atoms with Gasteiger partial charge in [0.25, 0.3) is 0 Å². The van der Waals surface area contributed by atoms with E-state index < -0.39 is 0 Å². The SMILES string of the molecule is CCCCCCCCC(CO)CCCCCC.CCCCCCCCCCCC(O)CCCCCCCC. The second-order valence-electron chi connectivity index (χ2n) is 12.3. The maximum atomic E-state index is 9.95. The molecule has 2 heteroatoms. The molecule has 2 nitrogen and oxygen atoms in total. The topological polar surface area (TPSA) is 40.5 Å². The van der Waals surface area contributed by atoms with Crippen LogP contribution in [0.2, 0.25) is 0 Å². The summed E-state index contributed by atoms with van der Waals surface area (Å²) < 4.78 is 0. The molecule has 0 spiro atoms. The van der Waals surface area contributed by atoms with Crippen LogP contribution >= 0.6 is 0 Å². The highest BCUT2D eigenvalue weighted by atomic mass is 16.3. The fourth-order valence-electron chi connectivity index (χ4n) is 5.40. The van der Waals surface area contributed by atoms with Gasteiger partial charge in [0.05, 0.1) is 6.10 Å². The molecule has 0 aromatic carbocycles. The van der Waals surface area contributed by atoms with Crippen LogP contribution in [-0.2, 0) is 0 Å². The third-order valence-corrected chi connectivity index (χ3v) is 8.22. The van der Waals surface area contributed by atoms with Gasteiger partial charge in [0.15, 0.2) is 0 Å². The van der Waals surface area contributed by atoms with Crippen LogP contribution < -0.4 is 0 Å². The maximum Gasteiger partial charge on any atom is 0.0540 e. The number of unbranched alkanes of at least 4 members (excludes halogenated alkanes) is 21. The van der Waals surface area contributed by atoms with E-state index in [1.807, 2.05) is 0 Å². The van der Waals surface area contributed by atoms with Gasteiger partial charge in [-0.25, -0.2) is 0 Å². The van der Waals surface area contributed by atoms with E-state index in [4.69, 9.17) is 0 Å². The monoisotopic (exact) mass is 541 g/mol. The second-order valence-corrected chi connectivity index (χ2v) is 12.3. The lowest BCUT2D eigenvalue weighted by Gasteiger charge is -2.13. The molecule has 2 unspecified atom stereocenters. The Morgan fingerprint density at radius 2 is 0.579 bits per heavy atom. The lowest BCUT2D eigenvalue weighted by atomic mass is 9.95. The Kier molecular flexibility index (Phi) is 38.9. The average Bonchev–Trinajstić information content (AvgIpc) is 2.93. The van der Waals surface area contributed by atoms with Crippen molar-refractivity contribution in [1.29, 1.82) is 0 Å². The highest BCUT2D eigenvalue weighted by molar-refractivity contribution is 4.59. The van der Waals surface area contributed by atoms with Gasteiger partial charge in [-0.2, -0.15) is 0 Å². The predicted octanol–water partition coefficient (Wildman–Crippen LogP) is 12.3. The minimum absolute atomic E-state index is 0.0271. The minimum Gasteiger partial charge on any atom is -0.396 e. The fourth-order valence-corrected chi connectivity index (χ4v) is 5.40. The molecule has 0 aliphatic rings.